The van der Waals surface area contributed by atoms with E-state index in [0.29, 0.717) is 12.1 Å². The highest BCUT2D eigenvalue weighted by Crippen LogP contribution is 2.25. The fraction of sp³-hybridized carbons (Fsp3) is 0.667. The van der Waals surface area contributed by atoms with E-state index in [-0.39, 0.29) is 5.25 Å². The number of anilines is 1. The molecule has 164 valence electrons. The zero-order chi connectivity index (χ0) is 21.0. The molecule has 1 aromatic heterocycles. The van der Waals surface area contributed by atoms with E-state index < -0.39 is 10.0 Å². The molecule has 2 N–H and O–H groups in total. The van der Waals surface area contributed by atoms with Crippen LogP contribution in [0.25, 0.3) is 10.9 Å². The molecule has 29 heavy (non-hydrogen) atoms. The highest BCUT2D eigenvalue weighted by atomic mass is 32.2. The largest absolute Gasteiger partial charge is 0.359 e. The molecule has 0 radical (unpaired) electrons. The average Bonchev–Trinajstić information content (AvgIpc) is 3.18. The predicted octanol–water partition coefficient (Wildman–Crippen LogP) is 7.39. The number of fused-ring (bicyclic) bond motifs is 1. The van der Waals surface area contributed by atoms with Crippen molar-refractivity contribution in [2.24, 2.45) is 0 Å². The first-order valence-corrected chi connectivity index (χ1v) is 13.2. The lowest BCUT2D eigenvalue weighted by molar-refractivity contribution is 0.529. The van der Waals surface area contributed by atoms with Gasteiger partial charge in [-0.1, -0.05) is 96.6 Å². The summed E-state index contributed by atoms with van der Waals surface area (Å²) in [4.78, 5) is 3.13. The van der Waals surface area contributed by atoms with Gasteiger partial charge in [-0.05, 0) is 25.0 Å². The van der Waals surface area contributed by atoms with Gasteiger partial charge in [0.1, 0.15) is 0 Å². The van der Waals surface area contributed by atoms with Crippen molar-refractivity contribution < 1.29 is 8.42 Å². The van der Waals surface area contributed by atoms with E-state index in [1.807, 2.05) is 37.4 Å². The van der Waals surface area contributed by atoms with Gasteiger partial charge in [0.05, 0.1) is 16.5 Å². The smallest absolute Gasteiger partial charge is 0.235 e. The van der Waals surface area contributed by atoms with Crippen molar-refractivity contribution in [3.8, 4) is 0 Å². The van der Waals surface area contributed by atoms with Crippen LogP contribution in [0, 0.1) is 0 Å². The Balaban J connectivity index is 1.68. The number of hydrogen-bond acceptors (Lipinski definition) is 2. The van der Waals surface area contributed by atoms with Crippen LogP contribution in [0.5, 0.6) is 0 Å². The molecule has 0 spiro atoms. The van der Waals surface area contributed by atoms with Gasteiger partial charge >= 0.3 is 0 Å². The van der Waals surface area contributed by atoms with Crippen LogP contribution in [0.1, 0.15) is 97.3 Å². The van der Waals surface area contributed by atoms with Crippen LogP contribution >= 0.6 is 0 Å². The van der Waals surface area contributed by atoms with Crippen LogP contribution in [-0.4, -0.2) is 18.7 Å². The first kappa shape index (κ1) is 23.8. The molecule has 0 aliphatic rings. The second-order valence-corrected chi connectivity index (χ2v) is 10.2. The quantitative estimate of drug-likeness (QED) is 0.278. The molecule has 1 unspecified atom stereocenters. The van der Waals surface area contributed by atoms with Crippen LogP contribution in [0.4, 0.5) is 5.69 Å². The molecule has 1 atom stereocenters. The van der Waals surface area contributed by atoms with E-state index in [1.54, 1.807) is 0 Å². The molecule has 0 saturated carbocycles. The maximum atomic E-state index is 12.9. The highest BCUT2D eigenvalue weighted by Gasteiger charge is 2.24. The summed E-state index contributed by atoms with van der Waals surface area (Å²) in [5.74, 6) is 0. The second kappa shape index (κ2) is 12.9. The third-order valence-corrected chi connectivity index (χ3v) is 7.81. The molecule has 0 bridgehead atoms. The van der Waals surface area contributed by atoms with Crippen molar-refractivity contribution in [1.29, 1.82) is 0 Å². The Hall–Kier alpha value is -1.49. The summed E-state index contributed by atoms with van der Waals surface area (Å²) in [5.41, 5.74) is 1.49. The minimum absolute atomic E-state index is 0.328. The Morgan fingerprint density at radius 1 is 0.862 bits per heavy atom. The van der Waals surface area contributed by atoms with E-state index in [2.05, 4.69) is 16.6 Å². The van der Waals surface area contributed by atoms with Crippen molar-refractivity contribution in [3.05, 3.63) is 30.5 Å². The first-order valence-electron chi connectivity index (χ1n) is 11.7. The number of nitrogens with one attached hydrogen (secondary N) is 2. The van der Waals surface area contributed by atoms with Crippen molar-refractivity contribution in [3.63, 3.8) is 0 Å². The molecule has 4 nitrogen and oxygen atoms in total. The zero-order valence-corrected chi connectivity index (χ0v) is 19.2. The Kier molecular flexibility index (Phi) is 10.6. The molecule has 0 aliphatic carbocycles. The number of para-hydroxylation sites is 1. The normalized spacial score (nSPS) is 13.0. The average molecular weight is 421 g/mol. The minimum Gasteiger partial charge on any atom is -0.359 e. The van der Waals surface area contributed by atoms with Crippen molar-refractivity contribution in [2.45, 2.75) is 103 Å². The van der Waals surface area contributed by atoms with Crippen LogP contribution in [0.15, 0.2) is 30.5 Å². The third-order valence-electron chi connectivity index (χ3n) is 5.86. The maximum absolute atomic E-state index is 12.9. The number of benzene rings is 1. The number of aromatic amines is 1. The van der Waals surface area contributed by atoms with Gasteiger partial charge in [-0.15, -0.1) is 0 Å². The fourth-order valence-corrected chi connectivity index (χ4v) is 5.58. The van der Waals surface area contributed by atoms with E-state index in [9.17, 15) is 8.42 Å². The SMILES string of the molecule is CCCCCCCCCCCCCC(CC)S(=O)(=O)Nc1cccc2cc[nH]c12. The molecule has 0 aliphatic heterocycles. The molecule has 0 saturated heterocycles. The number of aromatic nitrogens is 1. The standard InChI is InChI=1S/C24H40N2O2S/c1-3-5-6-7-8-9-10-11-12-13-14-17-22(4-2)29(27,28)26-23-18-15-16-21-19-20-25-24(21)23/h15-16,18-20,22,25-26H,3-14,17H2,1-2H3. The van der Waals surface area contributed by atoms with Gasteiger partial charge in [-0.2, -0.15) is 0 Å². The van der Waals surface area contributed by atoms with E-state index >= 15 is 0 Å². The fourth-order valence-electron chi connectivity index (χ4n) is 4.02. The van der Waals surface area contributed by atoms with Gasteiger partial charge < -0.3 is 4.98 Å². The summed E-state index contributed by atoms with van der Waals surface area (Å²) in [7, 11) is -3.38. The van der Waals surface area contributed by atoms with Crippen molar-refractivity contribution >= 4 is 26.6 Å². The summed E-state index contributed by atoms with van der Waals surface area (Å²) < 4.78 is 28.6. The number of hydrogen-bond donors (Lipinski definition) is 2. The van der Waals surface area contributed by atoms with E-state index in [0.717, 1.165) is 30.2 Å². The molecule has 0 amide bonds. The van der Waals surface area contributed by atoms with Crippen LogP contribution < -0.4 is 4.72 Å². The number of sulfonamides is 1. The molecular weight excluding hydrogens is 380 g/mol. The van der Waals surface area contributed by atoms with Crippen LogP contribution in [0.3, 0.4) is 0 Å². The summed E-state index contributed by atoms with van der Waals surface area (Å²) in [6.07, 6.45) is 17.3. The topological polar surface area (TPSA) is 62.0 Å². The van der Waals surface area contributed by atoms with Crippen molar-refractivity contribution in [1.82, 2.24) is 4.98 Å². The summed E-state index contributed by atoms with van der Waals surface area (Å²) in [6, 6.07) is 7.64. The third kappa shape index (κ3) is 8.04. The van der Waals surface area contributed by atoms with Crippen molar-refractivity contribution in [2.75, 3.05) is 4.72 Å². The Labute approximate surface area is 177 Å². The zero-order valence-electron chi connectivity index (χ0n) is 18.4. The Morgan fingerprint density at radius 2 is 1.48 bits per heavy atom. The lowest BCUT2D eigenvalue weighted by atomic mass is 10.0. The van der Waals surface area contributed by atoms with E-state index in [1.165, 1.54) is 57.8 Å². The molecule has 2 aromatic rings. The monoisotopic (exact) mass is 420 g/mol. The summed E-state index contributed by atoms with van der Waals surface area (Å²) in [5, 5.41) is 0.690. The Bertz CT molecular complexity index is 798. The van der Waals surface area contributed by atoms with E-state index in [4.69, 9.17) is 0 Å². The Morgan fingerprint density at radius 3 is 2.10 bits per heavy atom. The molecule has 0 fully saturated rings. The first-order chi connectivity index (χ1) is 14.1. The van der Waals surface area contributed by atoms with Gasteiger partial charge in [0, 0.05) is 11.6 Å². The molecule has 1 aromatic carbocycles. The lowest BCUT2D eigenvalue weighted by Gasteiger charge is -2.18. The minimum atomic E-state index is -3.38. The van der Waals surface area contributed by atoms with Gasteiger partial charge in [-0.3, -0.25) is 4.72 Å². The summed E-state index contributed by atoms with van der Waals surface area (Å²) in [6.45, 7) is 4.23. The number of unbranched alkanes of at least 4 members (excludes halogenated alkanes) is 10. The number of H-pyrrole nitrogens is 1. The number of rotatable bonds is 16. The maximum Gasteiger partial charge on any atom is 0.235 e. The lowest BCUT2D eigenvalue weighted by Crippen LogP contribution is -2.27. The molecule has 2 rings (SSSR count). The highest BCUT2D eigenvalue weighted by molar-refractivity contribution is 7.93. The molecule has 1 heterocycles. The molecule has 5 heteroatoms. The van der Waals surface area contributed by atoms with Gasteiger partial charge in [0.25, 0.3) is 0 Å². The van der Waals surface area contributed by atoms with Gasteiger partial charge in [-0.25, -0.2) is 8.42 Å². The van der Waals surface area contributed by atoms with Crippen LogP contribution in [0.2, 0.25) is 0 Å². The van der Waals surface area contributed by atoms with Gasteiger partial charge in [0.15, 0.2) is 0 Å². The second-order valence-electron chi connectivity index (χ2n) is 8.25. The predicted molar refractivity (Wildman–Crippen MR) is 126 cm³/mol. The van der Waals surface area contributed by atoms with Gasteiger partial charge in [0.2, 0.25) is 10.0 Å². The van der Waals surface area contributed by atoms with Crippen LogP contribution in [-0.2, 0) is 10.0 Å². The summed E-state index contributed by atoms with van der Waals surface area (Å²) >= 11 is 0. The molecular formula is C24H40N2O2S.